The molecule has 4 rings (SSSR count). The van der Waals surface area contributed by atoms with Crippen molar-refractivity contribution in [2.75, 3.05) is 7.11 Å². The second-order valence-corrected chi connectivity index (χ2v) is 5.61. The van der Waals surface area contributed by atoms with E-state index < -0.39 is 0 Å². The zero-order valence-corrected chi connectivity index (χ0v) is 13.3. The molecule has 1 unspecified atom stereocenters. The summed E-state index contributed by atoms with van der Waals surface area (Å²) < 4.78 is 11.5. The summed E-state index contributed by atoms with van der Waals surface area (Å²) in [5.74, 6) is 1.43. The number of nitrogens with zero attached hydrogens (tertiary/aromatic N) is 1. The quantitative estimate of drug-likeness (QED) is 0.689. The highest BCUT2D eigenvalue weighted by molar-refractivity contribution is 6.00. The Kier molecular flexibility index (Phi) is 3.75. The average Bonchev–Trinajstić information content (AvgIpc) is 3.01. The summed E-state index contributed by atoms with van der Waals surface area (Å²) in [6.07, 6.45) is -0.119. The highest BCUT2D eigenvalue weighted by Gasteiger charge is 2.30. The average molecular weight is 315 g/mol. The van der Waals surface area contributed by atoms with Crippen molar-refractivity contribution in [3.8, 4) is 5.75 Å². The summed E-state index contributed by atoms with van der Waals surface area (Å²) >= 11 is 0. The molecule has 3 nitrogen and oxygen atoms in total. The molecule has 0 spiro atoms. The van der Waals surface area contributed by atoms with Gasteiger partial charge in [-0.1, -0.05) is 54.6 Å². The van der Waals surface area contributed by atoms with E-state index in [1.54, 1.807) is 7.11 Å². The topological polar surface area (TPSA) is 30.8 Å². The van der Waals surface area contributed by atoms with Crippen LogP contribution in [0, 0.1) is 0 Å². The molecule has 0 aromatic heterocycles. The van der Waals surface area contributed by atoms with E-state index in [4.69, 9.17) is 14.5 Å². The van der Waals surface area contributed by atoms with Gasteiger partial charge in [0.15, 0.2) is 6.10 Å². The van der Waals surface area contributed by atoms with Crippen LogP contribution in [0.2, 0.25) is 0 Å². The summed E-state index contributed by atoms with van der Waals surface area (Å²) in [4.78, 5) is 4.70. The van der Waals surface area contributed by atoms with Crippen LogP contribution in [0.3, 0.4) is 0 Å². The molecule has 0 saturated carbocycles. The molecule has 1 heterocycles. The van der Waals surface area contributed by atoms with E-state index in [9.17, 15) is 0 Å². The van der Waals surface area contributed by atoms with Gasteiger partial charge in [-0.2, -0.15) is 0 Å². The highest BCUT2D eigenvalue weighted by Crippen LogP contribution is 2.37. The number of hydrogen-bond acceptors (Lipinski definition) is 3. The first-order chi connectivity index (χ1) is 11.8. The zero-order chi connectivity index (χ0) is 16.4. The molecule has 0 amide bonds. The lowest BCUT2D eigenvalue weighted by Gasteiger charge is -2.11. The number of aliphatic imine (C=N–C) groups is 1. The van der Waals surface area contributed by atoms with Gasteiger partial charge in [0, 0.05) is 17.2 Å². The molecule has 0 bridgehead atoms. The van der Waals surface area contributed by atoms with Gasteiger partial charge in [0.2, 0.25) is 5.90 Å². The van der Waals surface area contributed by atoms with E-state index in [0.29, 0.717) is 5.90 Å². The van der Waals surface area contributed by atoms with E-state index in [0.717, 1.165) is 28.1 Å². The molecule has 0 saturated heterocycles. The second kappa shape index (κ2) is 6.20. The fourth-order valence-electron chi connectivity index (χ4n) is 2.92. The minimum atomic E-state index is -0.119. The number of ether oxygens (including phenoxy) is 2. The highest BCUT2D eigenvalue weighted by atomic mass is 16.5. The molecule has 0 radical (unpaired) electrons. The molecule has 1 aliphatic rings. The molecule has 3 aromatic carbocycles. The van der Waals surface area contributed by atoms with Crippen LogP contribution in [0.4, 0.5) is 5.69 Å². The number of hydrogen-bond donors (Lipinski definition) is 0. The van der Waals surface area contributed by atoms with Crippen molar-refractivity contribution in [3.63, 3.8) is 0 Å². The van der Waals surface area contributed by atoms with Gasteiger partial charge in [0.25, 0.3) is 0 Å². The summed E-state index contributed by atoms with van der Waals surface area (Å²) in [5.41, 5.74) is 4.12. The molecular weight excluding hydrogens is 298 g/mol. The first kappa shape index (κ1) is 14.5. The van der Waals surface area contributed by atoms with Gasteiger partial charge in [-0.15, -0.1) is 0 Å². The number of methoxy groups -OCH3 is 1. The summed E-state index contributed by atoms with van der Waals surface area (Å²) in [7, 11) is 1.65. The summed E-state index contributed by atoms with van der Waals surface area (Å²) in [6, 6.07) is 26.1. The fourth-order valence-corrected chi connectivity index (χ4v) is 2.92. The number of rotatable bonds is 3. The van der Waals surface area contributed by atoms with E-state index in [1.807, 2.05) is 54.6 Å². The van der Waals surface area contributed by atoms with Crippen LogP contribution in [0.25, 0.3) is 0 Å². The first-order valence-corrected chi connectivity index (χ1v) is 7.89. The molecule has 1 atom stereocenters. The maximum Gasteiger partial charge on any atom is 0.222 e. The fraction of sp³-hybridized carbons (Fsp3) is 0.0952. The Morgan fingerprint density at radius 1 is 0.875 bits per heavy atom. The van der Waals surface area contributed by atoms with E-state index >= 15 is 0 Å². The standard InChI is InChI=1S/C21H17NO2/c1-23-17-11-7-10-16(14-17)22-21-19-13-6-5-12-18(19)20(24-21)15-8-3-2-4-9-15/h2-14,20H,1H3. The van der Waals surface area contributed by atoms with Crippen LogP contribution < -0.4 is 4.74 Å². The Morgan fingerprint density at radius 2 is 1.67 bits per heavy atom. The van der Waals surface area contributed by atoms with Crippen molar-refractivity contribution in [3.05, 3.63) is 95.6 Å². The maximum absolute atomic E-state index is 6.20. The lowest BCUT2D eigenvalue weighted by atomic mass is 9.99. The second-order valence-electron chi connectivity index (χ2n) is 5.61. The lowest BCUT2D eigenvalue weighted by Crippen LogP contribution is -2.01. The van der Waals surface area contributed by atoms with Crippen molar-refractivity contribution < 1.29 is 9.47 Å². The van der Waals surface area contributed by atoms with Gasteiger partial charge in [0.05, 0.1) is 12.8 Å². The first-order valence-electron chi connectivity index (χ1n) is 7.89. The lowest BCUT2D eigenvalue weighted by molar-refractivity contribution is 0.252. The Morgan fingerprint density at radius 3 is 2.50 bits per heavy atom. The summed E-state index contributed by atoms with van der Waals surface area (Å²) in [6.45, 7) is 0. The zero-order valence-electron chi connectivity index (χ0n) is 13.3. The minimum absolute atomic E-state index is 0.119. The van der Waals surface area contributed by atoms with Crippen molar-refractivity contribution in [1.29, 1.82) is 0 Å². The Balaban J connectivity index is 1.76. The minimum Gasteiger partial charge on any atom is -0.497 e. The largest absolute Gasteiger partial charge is 0.497 e. The molecule has 0 fully saturated rings. The van der Waals surface area contributed by atoms with Crippen LogP contribution in [0.1, 0.15) is 22.8 Å². The maximum atomic E-state index is 6.20. The van der Waals surface area contributed by atoms with Crippen LogP contribution in [-0.2, 0) is 4.74 Å². The molecular formula is C21H17NO2. The summed E-state index contributed by atoms with van der Waals surface area (Å²) in [5, 5.41) is 0. The third kappa shape index (κ3) is 2.65. The molecule has 118 valence electrons. The Bertz CT molecular complexity index is 887. The van der Waals surface area contributed by atoms with Gasteiger partial charge in [-0.25, -0.2) is 4.99 Å². The molecule has 3 heteroatoms. The third-order valence-corrected chi connectivity index (χ3v) is 4.09. The SMILES string of the molecule is COc1cccc(N=C2OC(c3ccccc3)c3ccccc32)c1. The van der Waals surface area contributed by atoms with Crippen LogP contribution in [0.5, 0.6) is 5.75 Å². The Hall–Kier alpha value is -3.07. The number of fused-ring (bicyclic) bond motifs is 1. The van der Waals surface area contributed by atoms with Gasteiger partial charge < -0.3 is 9.47 Å². The van der Waals surface area contributed by atoms with Gasteiger partial charge in [0.1, 0.15) is 5.75 Å². The van der Waals surface area contributed by atoms with Crippen LogP contribution in [-0.4, -0.2) is 13.0 Å². The molecule has 0 aliphatic carbocycles. The predicted octanol–water partition coefficient (Wildman–Crippen LogP) is 4.89. The number of benzene rings is 3. The monoisotopic (exact) mass is 315 g/mol. The third-order valence-electron chi connectivity index (χ3n) is 4.09. The van der Waals surface area contributed by atoms with Crippen molar-refractivity contribution in [2.24, 2.45) is 4.99 Å². The van der Waals surface area contributed by atoms with Gasteiger partial charge in [-0.3, -0.25) is 0 Å². The Labute approximate surface area is 141 Å². The van der Waals surface area contributed by atoms with Crippen molar-refractivity contribution >= 4 is 11.6 Å². The van der Waals surface area contributed by atoms with Crippen LogP contribution in [0.15, 0.2) is 83.9 Å². The van der Waals surface area contributed by atoms with Gasteiger partial charge >= 0.3 is 0 Å². The van der Waals surface area contributed by atoms with E-state index in [2.05, 4.69) is 24.3 Å². The smallest absolute Gasteiger partial charge is 0.222 e. The predicted molar refractivity (Wildman–Crippen MR) is 95.0 cm³/mol. The van der Waals surface area contributed by atoms with Gasteiger partial charge in [-0.05, 0) is 23.8 Å². The van der Waals surface area contributed by atoms with Crippen LogP contribution >= 0.6 is 0 Å². The normalized spacial score (nSPS) is 17.4. The molecule has 24 heavy (non-hydrogen) atoms. The van der Waals surface area contributed by atoms with Crippen molar-refractivity contribution in [1.82, 2.24) is 0 Å². The molecule has 3 aromatic rings. The van der Waals surface area contributed by atoms with E-state index in [-0.39, 0.29) is 6.10 Å². The van der Waals surface area contributed by atoms with E-state index in [1.165, 1.54) is 0 Å². The van der Waals surface area contributed by atoms with Crippen molar-refractivity contribution in [2.45, 2.75) is 6.10 Å². The molecule has 0 N–H and O–H groups in total. The molecule has 1 aliphatic heterocycles.